The van der Waals surface area contributed by atoms with Crippen LogP contribution in [-0.2, 0) is 0 Å². The molecule has 1 saturated carbocycles. The molecule has 0 spiro atoms. The highest BCUT2D eigenvalue weighted by atomic mass is 79.9. The first-order chi connectivity index (χ1) is 9.15. The minimum Gasteiger partial charge on any atom is -0.389 e. The standard InChI is InChI=1S/C14H14Br2N2S/c15-10-6-5-9(7-11(10)16)12-13(17)19-14(18-12)8-3-1-2-4-8/h5-8H,1-4,17H2. The van der Waals surface area contributed by atoms with E-state index < -0.39 is 0 Å². The molecule has 0 amide bonds. The Bertz CT molecular complexity index is 603. The highest BCUT2D eigenvalue weighted by Gasteiger charge is 2.22. The van der Waals surface area contributed by atoms with Gasteiger partial charge in [-0.05, 0) is 56.8 Å². The van der Waals surface area contributed by atoms with E-state index >= 15 is 0 Å². The van der Waals surface area contributed by atoms with Crippen molar-refractivity contribution in [2.24, 2.45) is 0 Å². The average molecular weight is 402 g/mol. The zero-order chi connectivity index (χ0) is 13.4. The quantitative estimate of drug-likeness (QED) is 0.713. The molecule has 1 aliphatic carbocycles. The Morgan fingerprint density at radius 3 is 2.58 bits per heavy atom. The van der Waals surface area contributed by atoms with Crippen molar-refractivity contribution in [2.45, 2.75) is 31.6 Å². The normalized spacial score (nSPS) is 16.1. The van der Waals surface area contributed by atoms with Crippen molar-refractivity contribution >= 4 is 48.2 Å². The topological polar surface area (TPSA) is 38.9 Å². The van der Waals surface area contributed by atoms with Crippen molar-refractivity contribution < 1.29 is 0 Å². The molecule has 1 fully saturated rings. The highest BCUT2D eigenvalue weighted by molar-refractivity contribution is 9.13. The molecule has 100 valence electrons. The lowest BCUT2D eigenvalue weighted by Crippen LogP contribution is -1.91. The SMILES string of the molecule is Nc1sc(C2CCCC2)nc1-c1ccc(Br)c(Br)c1. The maximum absolute atomic E-state index is 6.16. The molecular weight excluding hydrogens is 388 g/mol. The summed E-state index contributed by atoms with van der Waals surface area (Å²) < 4.78 is 2.07. The fourth-order valence-electron chi connectivity index (χ4n) is 2.55. The molecule has 0 saturated heterocycles. The van der Waals surface area contributed by atoms with Gasteiger partial charge in [-0.3, -0.25) is 0 Å². The van der Waals surface area contributed by atoms with Gasteiger partial charge < -0.3 is 5.73 Å². The first-order valence-electron chi connectivity index (χ1n) is 6.37. The van der Waals surface area contributed by atoms with Crippen LogP contribution in [0.15, 0.2) is 27.1 Å². The highest BCUT2D eigenvalue weighted by Crippen LogP contribution is 2.41. The summed E-state index contributed by atoms with van der Waals surface area (Å²) in [6.45, 7) is 0. The Balaban J connectivity index is 1.97. The molecule has 2 aromatic rings. The average Bonchev–Trinajstić information content (AvgIpc) is 3.01. The second-order valence-corrected chi connectivity index (χ2v) is 7.65. The van der Waals surface area contributed by atoms with Gasteiger partial charge in [-0.1, -0.05) is 18.9 Å². The van der Waals surface area contributed by atoms with Crippen LogP contribution in [0, 0.1) is 0 Å². The third-order valence-corrected chi connectivity index (χ3v) is 6.49. The lowest BCUT2D eigenvalue weighted by Gasteiger charge is -2.03. The maximum Gasteiger partial charge on any atom is 0.114 e. The molecule has 0 radical (unpaired) electrons. The molecule has 0 bridgehead atoms. The largest absolute Gasteiger partial charge is 0.389 e. The first kappa shape index (κ1) is 13.6. The Hall–Kier alpha value is -0.390. The van der Waals surface area contributed by atoms with Crippen LogP contribution in [0.1, 0.15) is 36.6 Å². The molecule has 0 aliphatic heterocycles. The van der Waals surface area contributed by atoms with E-state index in [-0.39, 0.29) is 0 Å². The molecule has 19 heavy (non-hydrogen) atoms. The fourth-order valence-corrected chi connectivity index (χ4v) is 4.20. The van der Waals surface area contributed by atoms with Gasteiger partial charge in [0.2, 0.25) is 0 Å². The summed E-state index contributed by atoms with van der Waals surface area (Å²) in [5, 5.41) is 2.04. The van der Waals surface area contributed by atoms with Gasteiger partial charge in [-0.2, -0.15) is 0 Å². The predicted octanol–water partition coefficient (Wildman–Crippen LogP) is 5.57. The van der Waals surface area contributed by atoms with E-state index in [1.54, 1.807) is 11.3 Å². The van der Waals surface area contributed by atoms with Crippen LogP contribution >= 0.6 is 43.2 Å². The summed E-state index contributed by atoms with van der Waals surface area (Å²) in [7, 11) is 0. The lowest BCUT2D eigenvalue weighted by atomic mass is 10.1. The molecule has 1 aromatic carbocycles. The van der Waals surface area contributed by atoms with Crippen molar-refractivity contribution in [1.82, 2.24) is 4.98 Å². The van der Waals surface area contributed by atoms with Crippen molar-refractivity contribution in [1.29, 1.82) is 0 Å². The third kappa shape index (κ3) is 2.73. The Kier molecular flexibility index (Phi) is 3.96. The number of benzene rings is 1. The molecule has 2 nitrogen and oxygen atoms in total. The smallest absolute Gasteiger partial charge is 0.114 e. The number of hydrogen-bond donors (Lipinski definition) is 1. The van der Waals surface area contributed by atoms with Crippen LogP contribution in [0.5, 0.6) is 0 Å². The van der Waals surface area contributed by atoms with E-state index in [0.29, 0.717) is 5.92 Å². The summed E-state index contributed by atoms with van der Waals surface area (Å²) in [6.07, 6.45) is 5.17. The number of thiazole rings is 1. The van der Waals surface area contributed by atoms with Crippen LogP contribution in [0.25, 0.3) is 11.3 Å². The fraction of sp³-hybridized carbons (Fsp3) is 0.357. The van der Waals surface area contributed by atoms with Gasteiger partial charge in [-0.15, -0.1) is 11.3 Å². The van der Waals surface area contributed by atoms with Gasteiger partial charge in [0.1, 0.15) is 10.7 Å². The van der Waals surface area contributed by atoms with Crippen molar-refractivity contribution in [3.63, 3.8) is 0 Å². The van der Waals surface area contributed by atoms with Crippen molar-refractivity contribution in [3.8, 4) is 11.3 Å². The number of nitrogens with zero attached hydrogens (tertiary/aromatic N) is 1. The summed E-state index contributed by atoms with van der Waals surface area (Å²) in [5.41, 5.74) is 8.17. The maximum atomic E-state index is 6.16. The Morgan fingerprint density at radius 1 is 1.16 bits per heavy atom. The Morgan fingerprint density at radius 2 is 1.89 bits per heavy atom. The summed E-state index contributed by atoms with van der Waals surface area (Å²) in [6, 6.07) is 6.14. The minimum atomic E-state index is 0.625. The monoisotopic (exact) mass is 400 g/mol. The van der Waals surface area contributed by atoms with Gasteiger partial charge in [-0.25, -0.2) is 4.98 Å². The van der Waals surface area contributed by atoms with E-state index in [2.05, 4.69) is 44.0 Å². The van der Waals surface area contributed by atoms with E-state index in [0.717, 1.165) is 25.2 Å². The van der Waals surface area contributed by atoms with E-state index in [1.807, 2.05) is 6.07 Å². The number of halogens is 2. The number of aromatic nitrogens is 1. The van der Waals surface area contributed by atoms with Crippen molar-refractivity contribution in [2.75, 3.05) is 5.73 Å². The van der Waals surface area contributed by atoms with E-state index in [1.165, 1.54) is 30.7 Å². The van der Waals surface area contributed by atoms with Crippen LogP contribution < -0.4 is 5.73 Å². The first-order valence-corrected chi connectivity index (χ1v) is 8.77. The molecule has 3 rings (SSSR count). The predicted molar refractivity (Wildman–Crippen MR) is 88.6 cm³/mol. The van der Waals surface area contributed by atoms with Crippen LogP contribution in [0.3, 0.4) is 0 Å². The lowest BCUT2D eigenvalue weighted by molar-refractivity contribution is 0.717. The second-order valence-electron chi connectivity index (χ2n) is 4.88. The summed E-state index contributed by atoms with van der Waals surface area (Å²) in [4.78, 5) is 4.79. The molecule has 0 unspecified atom stereocenters. The molecule has 0 atom stereocenters. The second kappa shape index (κ2) is 5.54. The van der Waals surface area contributed by atoms with Crippen LogP contribution in [0.2, 0.25) is 0 Å². The molecular formula is C14H14Br2N2S. The Labute approximate surface area is 133 Å². The number of hydrogen-bond acceptors (Lipinski definition) is 3. The van der Waals surface area contributed by atoms with Crippen molar-refractivity contribution in [3.05, 3.63) is 32.2 Å². The van der Waals surface area contributed by atoms with Gasteiger partial charge in [0.15, 0.2) is 0 Å². The van der Waals surface area contributed by atoms with E-state index in [4.69, 9.17) is 10.7 Å². The zero-order valence-electron chi connectivity index (χ0n) is 10.3. The molecule has 5 heteroatoms. The number of nitrogens with two attached hydrogens (primary N) is 1. The van der Waals surface area contributed by atoms with Gasteiger partial charge in [0.25, 0.3) is 0 Å². The number of rotatable bonds is 2. The van der Waals surface area contributed by atoms with Gasteiger partial charge in [0, 0.05) is 20.4 Å². The zero-order valence-corrected chi connectivity index (χ0v) is 14.3. The summed E-state index contributed by atoms with van der Waals surface area (Å²) in [5.74, 6) is 0.625. The number of nitrogen functional groups attached to an aromatic ring is 1. The third-order valence-electron chi connectivity index (χ3n) is 3.57. The van der Waals surface area contributed by atoms with Crippen LogP contribution in [0.4, 0.5) is 5.00 Å². The van der Waals surface area contributed by atoms with Gasteiger partial charge in [0.05, 0.1) is 5.01 Å². The minimum absolute atomic E-state index is 0.625. The van der Waals surface area contributed by atoms with Gasteiger partial charge >= 0.3 is 0 Å². The molecule has 1 aliphatic rings. The van der Waals surface area contributed by atoms with E-state index in [9.17, 15) is 0 Å². The molecule has 1 heterocycles. The molecule has 2 N–H and O–H groups in total. The summed E-state index contributed by atoms with van der Waals surface area (Å²) >= 11 is 8.67. The van der Waals surface area contributed by atoms with Crippen LogP contribution in [-0.4, -0.2) is 4.98 Å². The molecule has 1 aromatic heterocycles. The number of anilines is 1.